The molecule has 0 aliphatic carbocycles. The summed E-state index contributed by atoms with van der Waals surface area (Å²) in [5, 5.41) is 22.9. The third-order valence-electron chi connectivity index (χ3n) is 4.58. The van der Waals surface area contributed by atoms with Gasteiger partial charge in [0.15, 0.2) is 17.7 Å². The zero-order valence-corrected chi connectivity index (χ0v) is 16.2. The van der Waals surface area contributed by atoms with Crippen LogP contribution in [0.15, 0.2) is 35.4 Å². The molecule has 3 aromatic rings. The summed E-state index contributed by atoms with van der Waals surface area (Å²) in [4.78, 5) is 29.8. The van der Waals surface area contributed by atoms with Crippen molar-refractivity contribution in [1.29, 1.82) is 0 Å². The van der Waals surface area contributed by atoms with Gasteiger partial charge in [0.05, 0.1) is 18.7 Å². The number of carbonyl (C=O) groups excluding carboxylic acids is 1. The van der Waals surface area contributed by atoms with Gasteiger partial charge in [-0.25, -0.2) is 4.98 Å². The molecule has 0 saturated heterocycles. The average molecular weight is 417 g/mol. The summed E-state index contributed by atoms with van der Waals surface area (Å²) in [6.07, 6.45) is -0.143. The Morgan fingerprint density at radius 1 is 1.31 bits per heavy atom. The van der Waals surface area contributed by atoms with E-state index in [0.29, 0.717) is 10.6 Å². The van der Waals surface area contributed by atoms with Crippen LogP contribution < -0.4 is 10.3 Å². The van der Waals surface area contributed by atoms with Crippen LogP contribution in [-0.2, 0) is 24.3 Å². The number of nitrogens with zero attached hydrogens (tertiary/aromatic N) is 6. The molecule has 0 saturated carbocycles. The lowest BCUT2D eigenvalue weighted by Gasteiger charge is -2.20. The van der Waals surface area contributed by atoms with Crippen molar-refractivity contribution in [3.63, 3.8) is 0 Å². The number of benzene rings is 1. The average Bonchev–Trinajstić information content (AvgIpc) is 3.13. The lowest BCUT2D eigenvalue weighted by atomic mass is 10.1. The number of Topliss-reactive ketones (excluding diaryl/α,β-unsaturated/α-hetero) is 1. The lowest BCUT2D eigenvalue weighted by Crippen LogP contribution is -2.37. The van der Waals surface area contributed by atoms with E-state index in [1.54, 1.807) is 31.2 Å². The first-order valence-electron chi connectivity index (χ1n) is 8.88. The van der Waals surface area contributed by atoms with E-state index in [1.807, 2.05) is 0 Å². The minimum atomic E-state index is -0.840. The van der Waals surface area contributed by atoms with Crippen LogP contribution in [0.1, 0.15) is 30.0 Å². The molecule has 4 rings (SSSR count). The molecule has 29 heavy (non-hydrogen) atoms. The molecule has 0 fully saturated rings. The highest BCUT2D eigenvalue weighted by Crippen LogP contribution is 2.20. The normalized spacial score (nSPS) is 16.9. The predicted molar refractivity (Wildman–Crippen MR) is 101 cm³/mol. The second-order valence-corrected chi connectivity index (χ2v) is 7.13. The van der Waals surface area contributed by atoms with E-state index in [4.69, 9.17) is 16.3 Å². The van der Waals surface area contributed by atoms with E-state index in [-0.39, 0.29) is 48.1 Å². The number of rotatable bonds is 5. The Bertz CT molecular complexity index is 1110. The number of hydrogen-bond acceptors (Lipinski definition) is 8. The van der Waals surface area contributed by atoms with Crippen molar-refractivity contribution in [2.45, 2.75) is 38.6 Å². The van der Waals surface area contributed by atoms with E-state index in [0.717, 1.165) is 0 Å². The molecule has 1 aliphatic heterocycles. The highest BCUT2D eigenvalue weighted by molar-refractivity contribution is 6.30. The van der Waals surface area contributed by atoms with Crippen molar-refractivity contribution < 1.29 is 14.6 Å². The molecule has 0 amide bonds. The fraction of sp³-hybridized carbons (Fsp3) is 0.333. The van der Waals surface area contributed by atoms with Crippen molar-refractivity contribution >= 4 is 17.4 Å². The Labute approximate surface area is 169 Å². The Morgan fingerprint density at radius 3 is 2.83 bits per heavy atom. The van der Waals surface area contributed by atoms with Crippen molar-refractivity contribution in [3.05, 3.63) is 62.9 Å². The van der Waals surface area contributed by atoms with Crippen LogP contribution in [0, 0.1) is 0 Å². The van der Waals surface area contributed by atoms with Gasteiger partial charge in [-0.05, 0) is 29.8 Å². The maximum absolute atomic E-state index is 12.6. The third kappa shape index (κ3) is 4.03. The highest BCUT2D eigenvalue weighted by atomic mass is 35.5. The molecule has 11 heteroatoms. The number of hydrogen-bond donors (Lipinski definition) is 1. The summed E-state index contributed by atoms with van der Waals surface area (Å²) in [5.74, 6) is 0.282. The van der Waals surface area contributed by atoms with Crippen molar-refractivity contribution in [2.24, 2.45) is 0 Å². The second-order valence-electron chi connectivity index (χ2n) is 6.69. The molecule has 0 spiro atoms. The molecule has 0 bridgehead atoms. The summed E-state index contributed by atoms with van der Waals surface area (Å²) in [6, 6.07) is 6.80. The van der Waals surface area contributed by atoms with Crippen LogP contribution in [0.5, 0.6) is 5.88 Å². The molecule has 1 aliphatic rings. The number of ketones is 1. The zero-order chi connectivity index (χ0) is 20.5. The number of aliphatic hydroxyl groups excluding tert-OH is 1. The van der Waals surface area contributed by atoms with Crippen LogP contribution >= 0.6 is 11.6 Å². The molecule has 3 heterocycles. The first-order valence-corrected chi connectivity index (χ1v) is 9.26. The number of fused-ring (bicyclic) bond motifs is 1. The van der Waals surface area contributed by atoms with Crippen molar-refractivity contribution in [1.82, 2.24) is 29.8 Å². The second kappa shape index (κ2) is 7.72. The van der Waals surface area contributed by atoms with Crippen LogP contribution in [-0.4, -0.2) is 46.8 Å². The lowest BCUT2D eigenvalue weighted by molar-refractivity contribution is -0.125. The Hall–Kier alpha value is -3.11. The molecule has 1 N–H and O–H groups in total. The first kappa shape index (κ1) is 19.2. The largest absolute Gasteiger partial charge is 0.466 e. The molecular weight excluding hydrogens is 400 g/mol. The van der Waals surface area contributed by atoms with E-state index in [1.165, 1.54) is 15.7 Å². The van der Waals surface area contributed by atoms with Crippen molar-refractivity contribution in [3.8, 4) is 5.88 Å². The van der Waals surface area contributed by atoms with Gasteiger partial charge < -0.3 is 9.84 Å². The van der Waals surface area contributed by atoms with Gasteiger partial charge in [0.2, 0.25) is 5.88 Å². The summed E-state index contributed by atoms with van der Waals surface area (Å²) in [7, 11) is 0. The summed E-state index contributed by atoms with van der Waals surface area (Å²) in [5.41, 5.74) is 0.510. The fourth-order valence-electron chi connectivity index (χ4n) is 2.95. The smallest absolute Gasteiger partial charge is 0.261 e. The fourth-order valence-corrected chi connectivity index (χ4v) is 3.07. The molecule has 1 aromatic carbocycles. The minimum absolute atomic E-state index is 0.0173. The van der Waals surface area contributed by atoms with E-state index < -0.39 is 12.2 Å². The summed E-state index contributed by atoms with van der Waals surface area (Å²) < 4.78 is 6.66. The molecular formula is C18H17ClN6O4. The molecule has 2 atom stereocenters. The van der Waals surface area contributed by atoms with Gasteiger partial charge in [0.25, 0.3) is 5.56 Å². The van der Waals surface area contributed by atoms with Gasteiger partial charge in [0, 0.05) is 11.4 Å². The van der Waals surface area contributed by atoms with Gasteiger partial charge in [-0.1, -0.05) is 23.7 Å². The van der Waals surface area contributed by atoms with Gasteiger partial charge in [-0.3, -0.25) is 14.2 Å². The van der Waals surface area contributed by atoms with Gasteiger partial charge in [-0.15, -0.1) is 10.2 Å². The number of ether oxygens (including phenoxy) is 1. The SMILES string of the molecule is CC1Oc2ncn(Cc3nnn(C[C@H](O)c4ccc(Cl)cc4)n3)c(=O)c2CC1=O. The van der Waals surface area contributed by atoms with Crippen LogP contribution in [0.4, 0.5) is 0 Å². The van der Waals surface area contributed by atoms with Gasteiger partial charge in [-0.2, -0.15) is 4.80 Å². The maximum Gasteiger partial charge on any atom is 0.261 e. The Morgan fingerprint density at radius 2 is 2.07 bits per heavy atom. The third-order valence-corrected chi connectivity index (χ3v) is 4.83. The zero-order valence-electron chi connectivity index (χ0n) is 15.4. The quantitative estimate of drug-likeness (QED) is 0.639. The van der Waals surface area contributed by atoms with Gasteiger partial charge >= 0.3 is 0 Å². The number of halogens is 1. The Balaban J connectivity index is 1.48. The molecule has 0 radical (unpaired) electrons. The van der Waals surface area contributed by atoms with Crippen LogP contribution in [0.2, 0.25) is 5.02 Å². The molecule has 10 nitrogen and oxygen atoms in total. The van der Waals surface area contributed by atoms with Crippen molar-refractivity contribution in [2.75, 3.05) is 0 Å². The topological polar surface area (TPSA) is 125 Å². The molecule has 2 aromatic heterocycles. The van der Waals surface area contributed by atoms with E-state index in [9.17, 15) is 14.7 Å². The first-order chi connectivity index (χ1) is 13.9. The van der Waals surface area contributed by atoms with E-state index in [2.05, 4.69) is 20.4 Å². The van der Waals surface area contributed by atoms with E-state index >= 15 is 0 Å². The number of aromatic nitrogens is 6. The highest BCUT2D eigenvalue weighted by Gasteiger charge is 2.28. The number of carbonyl (C=O) groups is 1. The number of tetrazole rings is 1. The summed E-state index contributed by atoms with van der Waals surface area (Å²) >= 11 is 5.85. The molecule has 1 unspecified atom stereocenters. The monoisotopic (exact) mass is 416 g/mol. The minimum Gasteiger partial charge on any atom is -0.466 e. The van der Waals surface area contributed by atoms with Crippen LogP contribution in [0.25, 0.3) is 0 Å². The predicted octanol–water partition coefficient (Wildman–Crippen LogP) is 0.558. The van der Waals surface area contributed by atoms with Crippen LogP contribution in [0.3, 0.4) is 0 Å². The molecule has 150 valence electrons. The number of aliphatic hydroxyl groups is 1. The van der Waals surface area contributed by atoms with Gasteiger partial charge in [0.1, 0.15) is 12.4 Å². The Kier molecular flexibility index (Phi) is 5.12. The summed E-state index contributed by atoms with van der Waals surface area (Å²) in [6.45, 7) is 1.74. The maximum atomic E-state index is 12.6. The standard InChI is InChI=1S/C18H17ClN6O4/c1-10-14(26)6-13-17(29-10)20-9-24(18(13)28)8-16-21-23-25(22-16)7-15(27)11-2-4-12(19)5-3-11/h2-5,9-10,15,27H,6-8H2,1H3/t10?,15-/m0/s1.